The Bertz CT molecular complexity index is 1090. The van der Waals surface area contributed by atoms with E-state index in [1.807, 2.05) is 0 Å². The van der Waals surface area contributed by atoms with Crippen molar-refractivity contribution in [2.75, 3.05) is 16.8 Å². The van der Waals surface area contributed by atoms with Gasteiger partial charge in [0, 0.05) is 12.1 Å². The van der Waals surface area contributed by atoms with Crippen LogP contribution in [0.5, 0.6) is 0 Å². The summed E-state index contributed by atoms with van der Waals surface area (Å²) in [5.74, 6) is -7.08. The van der Waals surface area contributed by atoms with Crippen LogP contribution >= 0.6 is 0 Å². The first-order valence-corrected chi connectivity index (χ1v) is 13.3. The second-order valence-corrected chi connectivity index (χ2v) is 11.4. The normalized spacial score (nSPS) is 14.6. The third-order valence-corrected chi connectivity index (χ3v) is 7.49. The van der Waals surface area contributed by atoms with E-state index < -0.39 is 69.3 Å². The number of aliphatic hydroxyl groups is 1. The first-order chi connectivity index (χ1) is 17.2. The van der Waals surface area contributed by atoms with Crippen LogP contribution in [0.15, 0.2) is 18.2 Å². The van der Waals surface area contributed by atoms with Crippen LogP contribution in [0.1, 0.15) is 69.4 Å². The number of carbonyl (C=O) groups is 1. The SMILES string of the molecule is C[C@](O)(CCCCCCCS(=O)(=O)CCCC(F)(F)C(F)(F)F)C(=O)Nc1ccc(C#N)c(C(F)(F)F)c1. The predicted octanol–water partition coefficient (Wildman–Crippen LogP) is 6.00. The van der Waals surface area contributed by atoms with Crippen LogP contribution in [0.25, 0.3) is 0 Å². The third-order valence-electron chi connectivity index (χ3n) is 5.67. The van der Waals surface area contributed by atoms with Crippen molar-refractivity contribution in [1.82, 2.24) is 0 Å². The van der Waals surface area contributed by atoms with E-state index in [1.54, 1.807) is 0 Å². The van der Waals surface area contributed by atoms with Crippen molar-refractivity contribution in [3.05, 3.63) is 29.3 Å². The summed E-state index contributed by atoms with van der Waals surface area (Å²) in [6, 6.07) is 3.98. The minimum Gasteiger partial charge on any atom is -0.380 e. The van der Waals surface area contributed by atoms with E-state index in [2.05, 4.69) is 5.32 Å². The van der Waals surface area contributed by atoms with Crippen molar-refractivity contribution in [1.29, 1.82) is 5.26 Å². The molecule has 0 saturated carbocycles. The van der Waals surface area contributed by atoms with Crippen LogP contribution in [-0.4, -0.2) is 48.6 Å². The Morgan fingerprint density at radius 3 is 2.03 bits per heavy atom. The lowest BCUT2D eigenvalue weighted by Crippen LogP contribution is -2.40. The minimum absolute atomic E-state index is 0.0625. The van der Waals surface area contributed by atoms with Crippen molar-refractivity contribution < 1.29 is 53.4 Å². The van der Waals surface area contributed by atoms with Crippen molar-refractivity contribution in [3.63, 3.8) is 0 Å². The largest absolute Gasteiger partial charge is 0.453 e. The summed E-state index contributed by atoms with van der Waals surface area (Å²) in [5, 5.41) is 21.4. The molecule has 216 valence electrons. The number of alkyl halides is 8. The molecule has 0 unspecified atom stereocenters. The van der Waals surface area contributed by atoms with E-state index in [1.165, 1.54) is 13.0 Å². The molecule has 0 aliphatic heterocycles. The third kappa shape index (κ3) is 10.7. The predicted molar refractivity (Wildman–Crippen MR) is 122 cm³/mol. The van der Waals surface area contributed by atoms with Gasteiger partial charge in [0.25, 0.3) is 5.91 Å². The summed E-state index contributed by atoms with van der Waals surface area (Å²) in [4.78, 5) is 12.3. The van der Waals surface area contributed by atoms with Crippen molar-refractivity contribution in [2.45, 2.75) is 82.2 Å². The fourth-order valence-corrected chi connectivity index (χ4v) is 4.84. The molecule has 0 bridgehead atoms. The van der Waals surface area contributed by atoms with Crippen LogP contribution in [0.4, 0.5) is 40.8 Å². The first kappa shape index (κ1) is 33.6. The summed E-state index contributed by atoms with van der Waals surface area (Å²) in [5.41, 5.74) is -4.06. The number of carbonyl (C=O) groups excluding carboxylic acids is 1. The van der Waals surface area contributed by atoms with Gasteiger partial charge < -0.3 is 10.4 Å². The lowest BCUT2D eigenvalue weighted by molar-refractivity contribution is -0.284. The topological polar surface area (TPSA) is 107 Å². The van der Waals surface area contributed by atoms with Crippen LogP contribution < -0.4 is 5.32 Å². The van der Waals surface area contributed by atoms with Gasteiger partial charge in [0.15, 0.2) is 0 Å². The highest BCUT2D eigenvalue weighted by molar-refractivity contribution is 7.91. The van der Waals surface area contributed by atoms with Crippen molar-refractivity contribution in [2.24, 2.45) is 0 Å². The summed E-state index contributed by atoms with van der Waals surface area (Å²) in [6.45, 7) is 1.17. The van der Waals surface area contributed by atoms with Gasteiger partial charge in [-0.1, -0.05) is 25.7 Å². The number of amides is 1. The molecule has 0 aliphatic rings. The Labute approximate surface area is 214 Å². The fraction of sp³-hybridized carbons (Fsp3) is 0.652. The molecule has 0 aromatic heterocycles. The standard InChI is InChI=1S/C23H28F8N2O4S/c1-20(35,19(34)33-17-9-8-16(15-32)18(14-17)22(26,27)28)10-5-3-2-4-6-12-38(36,37)13-7-11-21(24,25)23(29,30)31/h8-9,14,35H,2-7,10-13H2,1H3,(H,33,34)/t20-/m0/s1. The molecule has 0 heterocycles. The van der Waals surface area contributed by atoms with Crippen LogP contribution in [0.2, 0.25) is 0 Å². The van der Waals surface area contributed by atoms with Crippen LogP contribution in [0.3, 0.4) is 0 Å². The fourth-order valence-electron chi connectivity index (χ4n) is 3.41. The lowest BCUT2D eigenvalue weighted by Gasteiger charge is -2.22. The van der Waals surface area contributed by atoms with E-state index >= 15 is 0 Å². The molecule has 1 amide bonds. The van der Waals surface area contributed by atoms with Gasteiger partial charge in [0.1, 0.15) is 15.4 Å². The number of sulfone groups is 1. The Kier molecular flexibility index (Phi) is 11.5. The zero-order valence-corrected chi connectivity index (χ0v) is 21.2. The highest BCUT2D eigenvalue weighted by Crippen LogP contribution is 2.39. The molecule has 1 aromatic carbocycles. The van der Waals surface area contributed by atoms with E-state index in [9.17, 15) is 53.4 Å². The van der Waals surface area contributed by atoms with Gasteiger partial charge in [-0.15, -0.1) is 0 Å². The van der Waals surface area contributed by atoms with Crippen molar-refractivity contribution in [3.8, 4) is 6.07 Å². The van der Waals surface area contributed by atoms with Crippen molar-refractivity contribution >= 4 is 21.4 Å². The molecule has 6 nitrogen and oxygen atoms in total. The van der Waals surface area contributed by atoms with E-state index in [0.29, 0.717) is 31.7 Å². The Balaban J connectivity index is 2.41. The van der Waals surface area contributed by atoms with E-state index in [-0.39, 0.29) is 24.3 Å². The molecule has 1 atom stereocenters. The molecule has 38 heavy (non-hydrogen) atoms. The van der Waals surface area contributed by atoms with Gasteiger partial charge in [-0.3, -0.25) is 4.79 Å². The Hall–Kier alpha value is -2.47. The number of hydrogen-bond acceptors (Lipinski definition) is 5. The summed E-state index contributed by atoms with van der Waals surface area (Å²) >= 11 is 0. The zero-order chi connectivity index (χ0) is 29.4. The average Bonchev–Trinajstić information content (AvgIpc) is 2.76. The van der Waals surface area contributed by atoms with Gasteiger partial charge in [-0.05, 0) is 44.4 Å². The smallest absolute Gasteiger partial charge is 0.380 e. The maximum Gasteiger partial charge on any atom is 0.453 e. The van der Waals surface area contributed by atoms with Gasteiger partial charge in [0.05, 0.1) is 28.7 Å². The Morgan fingerprint density at radius 1 is 0.921 bits per heavy atom. The van der Waals surface area contributed by atoms with E-state index in [4.69, 9.17) is 5.26 Å². The van der Waals surface area contributed by atoms with Gasteiger partial charge in [-0.25, -0.2) is 8.42 Å². The Morgan fingerprint density at radius 2 is 1.47 bits per heavy atom. The van der Waals surface area contributed by atoms with Crippen LogP contribution in [-0.2, 0) is 20.8 Å². The molecule has 1 aromatic rings. The van der Waals surface area contributed by atoms with Crippen LogP contribution in [0, 0.1) is 11.3 Å². The quantitative estimate of drug-likeness (QED) is 0.207. The average molecular weight is 581 g/mol. The maximum absolute atomic E-state index is 13.1. The number of anilines is 1. The highest BCUT2D eigenvalue weighted by atomic mass is 32.2. The second-order valence-electron chi connectivity index (χ2n) is 9.07. The number of hydrogen-bond donors (Lipinski definition) is 2. The maximum atomic E-state index is 13.1. The highest BCUT2D eigenvalue weighted by Gasteiger charge is 2.56. The van der Waals surface area contributed by atoms with E-state index in [0.717, 1.165) is 12.1 Å². The number of benzene rings is 1. The second kappa shape index (κ2) is 13.1. The minimum atomic E-state index is -5.73. The summed E-state index contributed by atoms with van der Waals surface area (Å²) < 4.78 is 125. The molecule has 0 aliphatic carbocycles. The number of halogens is 8. The molecule has 0 radical (unpaired) electrons. The zero-order valence-electron chi connectivity index (χ0n) is 20.4. The lowest BCUT2D eigenvalue weighted by atomic mass is 9.96. The molecular formula is C23H28F8N2O4S. The number of nitrogens with one attached hydrogen (secondary N) is 1. The molecule has 0 saturated heterocycles. The van der Waals surface area contributed by atoms with Gasteiger partial charge in [0.2, 0.25) is 0 Å². The molecule has 1 rings (SSSR count). The summed E-state index contributed by atoms with van der Waals surface area (Å²) in [7, 11) is -3.81. The number of unbranched alkanes of at least 4 members (excludes halogenated alkanes) is 4. The number of rotatable bonds is 14. The first-order valence-electron chi connectivity index (χ1n) is 11.5. The summed E-state index contributed by atoms with van der Waals surface area (Å²) in [6.07, 6.45) is -11.3. The molecule has 15 heteroatoms. The number of nitriles is 1. The van der Waals surface area contributed by atoms with Gasteiger partial charge in [-0.2, -0.15) is 40.4 Å². The monoisotopic (exact) mass is 580 g/mol. The molecule has 0 spiro atoms. The molecule has 2 N–H and O–H groups in total. The number of nitrogens with zero attached hydrogens (tertiary/aromatic N) is 1. The molecule has 0 fully saturated rings. The van der Waals surface area contributed by atoms with Gasteiger partial charge >= 0.3 is 18.3 Å². The molecular weight excluding hydrogens is 552 g/mol.